The number of rotatable bonds is 6. The van der Waals surface area contributed by atoms with Crippen LogP contribution in [0.25, 0.3) is 0 Å². The smallest absolute Gasteiger partial charge is 0.255 e. The van der Waals surface area contributed by atoms with Crippen molar-refractivity contribution in [2.75, 3.05) is 19.8 Å². The Hall–Kier alpha value is -2.08. The summed E-state index contributed by atoms with van der Waals surface area (Å²) in [5.74, 6) is -0.00614. The number of carbonyl (C=O) groups excluding carboxylic acids is 2. The third-order valence-electron chi connectivity index (χ3n) is 5.54. The Morgan fingerprint density at radius 3 is 2.54 bits per heavy atom. The average molecular weight is 360 g/mol. The lowest BCUT2D eigenvalue weighted by Gasteiger charge is -2.34. The standard InChI is InChI=1S/C20H28N2O4/c21-19(24)20(10-12-25-13-11-20)14-22-18(23)16-8-4-5-9-17(16)26-15-6-2-1-3-7-15/h4-5,8-9,15H,1-3,6-7,10-14H2,(H2,21,24)(H,22,23). The maximum Gasteiger partial charge on any atom is 0.255 e. The van der Waals surface area contributed by atoms with E-state index in [0.29, 0.717) is 37.4 Å². The molecule has 1 saturated heterocycles. The topological polar surface area (TPSA) is 90.7 Å². The van der Waals surface area contributed by atoms with Crippen LogP contribution in [-0.2, 0) is 9.53 Å². The molecule has 0 bridgehead atoms. The number of ether oxygens (including phenoxy) is 2. The lowest BCUT2D eigenvalue weighted by atomic mass is 9.79. The Labute approximate surface area is 154 Å². The molecule has 0 aromatic heterocycles. The van der Waals surface area contributed by atoms with Crippen molar-refractivity contribution in [1.82, 2.24) is 5.32 Å². The first-order chi connectivity index (χ1) is 12.6. The summed E-state index contributed by atoms with van der Waals surface area (Å²) in [4.78, 5) is 24.7. The SMILES string of the molecule is NC(=O)C1(CNC(=O)c2ccccc2OC2CCCCC2)CCOCC1. The summed E-state index contributed by atoms with van der Waals surface area (Å²) in [7, 11) is 0. The number of hydrogen-bond acceptors (Lipinski definition) is 4. The molecule has 0 atom stereocenters. The van der Waals surface area contributed by atoms with E-state index in [4.69, 9.17) is 15.2 Å². The molecule has 6 nitrogen and oxygen atoms in total. The molecular formula is C20H28N2O4. The van der Waals surface area contributed by atoms with Gasteiger partial charge in [-0.25, -0.2) is 0 Å². The average Bonchev–Trinajstić information content (AvgIpc) is 2.68. The normalized spacial score (nSPS) is 20.3. The van der Waals surface area contributed by atoms with Gasteiger partial charge in [-0.1, -0.05) is 18.6 Å². The van der Waals surface area contributed by atoms with Crippen molar-refractivity contribution in [1.29, 1.82) is 0 Å². The Bertz CT molecular complexity index is 634. The fourth-order valence-electron chi connectivity index (χ4n) is 3.74. The van der Waals surface area contributed by atoms with Crippen LogP contribution in [0.4, 0.5) is 0 Å². The van der Waals surface area contributed by atoms with Gasteiger partial charge in [0.1, 0.15) is 5.75 Å². The van der Waals surface area contributed by atoms with Crippen LogP contribution in [0.3, 0.4) is 0 Å². The summed E-state index contributed by atoms with van der Waals surface area (Å²) in [6, 6.07) is 7.29. The predicted octanol–water partition coefficient (Wildman–Crippen LogP) is 2.41. The van der Waals surface area contributed by atoms with E-state index in [1.165, 1.54) is 19.3 Å². The molecule has 2 amide bonds. The van der Waals surface area contributed by atoms with Gasteiger partial charge in [0.15, 0.2) is 0 Å². The van der Waals surface area contributed by atoms with Crippen molar-refractivity contribution in [2.45, 2.75) is 51.0 Å². The van der Waals surface area contributed by atoms with E-state index in [0.717, 1.165) is 12.8 Å². The highest BCUT2D eigenvalue weighted by Crippen LogP contribution is 2.30. The zero-order chi connectivity index (χ0) is 18.4. The van der Waals surface area contributed by atoms with Crippen LogP contribution < -0.4 is 15.8 Å². The van der Waals surface area contributed by atoms with Gasteiger partial charge in [0.25, 0.3) is 5.91 Å². The Morgan fingerprint density at radius 2 is 1.85 bits per heavy atom. The second-order valence-corrected chi connectivity index (χ2v) is 7.31. The molecule has 6 heteroatoms. The third-order valence-corrected chi connectivity index (χ3v) is 5.54. The number of hydrogen-bond donors (Lipinski definition) is 2. The molecule has 1 heterocycles. The number of nitrogens with two attached hydrogens (primary N) is 1. The molecule has 26 heavy (non-hydrogen) atoms. The molecule has 142 valence electrons. The van der Waals surface area contributed by atoms with E-state index in [1.54, 1.807) is 6.07 Å². The maximum absolute atomic E-state index is 12.7. The van der Waals surface area contributed by atoms with Crippen LogP contribution in [0.1, 0.15) is 55.3 Å². The van der Waals surface area contributed by atoms with Crippen molar-refractivity contribution in [3.05, 3.63) is 29.8 Å². The molecule has 0 radical (unpaired) electrons. The minimum absolute atomic E-state index is 0.171. The maximum atomic E-state index is 12.7. The number of carbonyl (C=O) groups is 2. The lowest BCUT2D eigenvalue weighted by Crippen LogP contribution is -2.49. The number of para-hydroxylation sites is 1. The molecule has 2 fully saturated rings. The molecule has 1 aliphatic heterocycles. The van der Waals surface area contributed by atoms with Crippen molar-refractivity contribution in [3.8, 4) is 5.75 Å². The second kappa shape index (κ2) is 8.54. The van der Waals surface area contributed by atoms with Crippen LogP contribution in [0.2, 0.25) is 0 Å². The van der Waals surface area contributed by atoms with E-state index in [9.17, 15) is 9.59 Å². The van der Waals surface area contributed by atoms with Gasteiger partial charge in [-0.2, -0.15) is 0 Å². The largest absolute Gasteiger partial charge is 0.490 e. The van der Waals surface area contributed by atoms with Crippen LogP contribution in [0.5, 0.6) is 5.75 Å². The minimum atomic E-state index is -0.729. The molecule has 1 aromatic rings. The first kappa shape index (κ1) is 18.7. The zero-order valence-electron chi connectivity index (χ0n) is 15.2. The van der Waals surface area contributed by atoms with E-state index < -0.39 is 5.41 Å². The molecule has 3 rings (SSSR count). The first-order valence-electron chi connectivity index (χ1n) is 9.52. The van der Waals surface area contributed by atoms with Gasteiger partial charge < -0.3 is 20.5 Å². The third kappa shape index (κ3) is 4.36. The highest BCUT2D eigenvalue weighted by Gasteiger charge is 2.38. The number of benzene rings is 1. The molecule has 0 unspecified atom stereocenters. The van der Waals surface area contributed by atoms with Crippen LogP contribution in [-0.4, -0.2) is 37.7 Å². The summed E-state index contributed by atoms with van der Waals surface area (Å²) >= 11 is 0. The Balaban J connectivity index is 1.66. The Morgan fingerprint density at radius 1 is 1.15 bits per heavy atom. The zero-order valence-corrected chi connectivity index (χ0v) is 15.2. The van der Waals surface area contributed by atoms with Gasteiger partial charge in [0.2, 0.25) is 5.91 Å². The summed E-state index contributed by atoms with van der Waals surface area (Å²) in [5, 5.41) is 2.89. The molecular weight excluding hydrogens is 332 g/mol. The van der Waals surface area contributed by atoms with Crippen molar-refractivity contribution in [3.63, 3.8) is 0 Å². The molecule has 0 spiro atoms. The summed E-state index contributed by atoms with van der Waals surface area (Å²) in [5.41, 5.74) is 5.39. The van der Waals surface area contributed by atoms with Gasteiger partial charge >= 0.3 is 0 Å². The van der Waals surface area contributed by atoms with E-state index in [-0.39, 0.29) is 24.5 Å². The van der Waals surface area contributed by atoms with Gasteiger partial charge in [-0.3, -0.25) is 9.59 Å². The van der Waals surface area contributed by atoms with E-state index >= 15 is 0 Å². The summed E-state index contributed by atoms with van der Waals surface area (Å²) in [6.45, 7) is 1.20. The van der Waals surface area contributed by atoms with Gasteiger partial charge in [-0.15, -0.1) is 0 Å². The highest BCUT2D eigenvalue weighted by molar-refractivity contribution is 5.97. The van der Waals surface area contributed by atoms with Gasteiger partial charge in [-0.05, 0) is 50.7 Å². The molecule has 3 N–H and O–H groups in total. The van der Waals surface area contributed by atoms with E-state index in [2.05, 4.69) is 5.32 Å². The first-order valence-corrected chi connectivity index (χ1v) is 9.52. The van der Waals surface area contributed by atoms with Crippen molar-refractivity contribution < 1.29 is 19.1 Å². The quantitative estimate of drug-likeness (QED) is 0.815. The molecule has 2 aliphatic rings. The highest BCUT2D eigenvalue weighted by atomic mass is 16.5. The van der Waals surface area contributed by atoms with Crippen molar-refractivity contribution >= 4 is 11.8 Å². The summed E-state index contributed by atoms with van der Waals surface area (Å²) < 4.78 is 11.4. The Kier molecular flexibility index (Phi) is 6.14. The molecule has 1 saturated carbocycles. The van der Waals surface area contributed by atoms with Gasteiger partial charge in [0.05, 0.1) is 17.1 Å². The second-order valence-electron chi connectivity index (χ2n) is 7.31. The summed E-state index contributed by atoms with van der Waals surface area (Å²) in [6.07, 6.45) is 6.88. The monoisotopic (exact) mass is 360 g/mol. The lowest BCUT2D eigenvalue weighted by molar-refractivity contribution is -0.132. The van der Waals surface area contributed by atoms with Crippen LogP contribution in [0.15, 0.2) is 24.3 Å². The predicted molar refractivity (Wildman–Crippen MR) is 98.0 cm³/mol. The minimum Gasteiger partial charge on any atom is -0.490 e. The van der Waals surface area contributed by atoms with E-state index in [1.807, 2.05) is 18.2 Å². The number of primary amides is 1. The van der Waals surface area contributed by atoms with Crippen LogP contribution in [0, 0.1) is 5.41 Å². The number of nitrogens with one attached hydrogen (secondary N) is 1. The van der Waals surface area contributed by atoms with Gasteiger partial charge in [0, 0.05) is 19.8 Å². The number of amides is 2. The fourth-order valence-corrected chi connectivity index (χ4v) is 3.74. The molecule has 1 aliphatic carbocycles. The van der Waals surface area contributed by atoms with Crippen LogP contribution >= 0.6 is 0 Å². The fraction of sp³-hybridized carbons (Fsp3) is 0.600. The van der Waals surface area contributed by atoms with Crippen molar-refractivity contribution in [2.24, 2.45) is 11.1 Å². The molecule has 1 aromatic carbocycles.